The Balaban J connectivity index is 2.98. The Hall–Kier alpha value is -1.96. The minimum Gasteiger partial charge on any atom is -0.404 e. The maximum absolute atomic E-state index is 12.7. The van der Waals surface area contributed by atoms with Gasteiger partial charge in [-0.05, 0) is 36.4 Å². The van der Waals surface area contributed by atoms with Gasteiger partial charge in [0, 0.05) is 16.6 Å². The maximum atomic E-state index is 12.7. The van der Waals surface area contributed by atoms with Crippen LogP contribution in [-0.4, -0.2) is 18.4 Å². The molecule has 0 aromatic heterocycles. The van der Waals surface area contributed by atoms with Crippen LogP contribution in [0.5, 0.6) is 0 Å². The lowest BCUT2D eigenvalue weighted by Gasteiger charge is -2.11. The maximum Gasteiger partial charge on any atom is 0.417 e. The summed E-state index contributed by atoms with van der Waals surface area (Å²) in [6.07, 6.45) is -0.668. The molecule has 0 atom stereocenters. The lowest BCUT2D eigenvalue weighted by molar-refractivity contribution is -0.138. The van der Waals surface area contributed by atoms with Gasteiger partial charge in [0.25, 0.3) is 0 Å². The average molecular weight is 375 g/mol. The van der Waals surface area contributed by atoms with Crippen molar-refractivity contribution in [1.29, 1.82) is 5.41 Å². The first-order valence-corrected chi connectivity index (χ1v) is 6.90. The van der Waals surface area contributed by atoms with Crippen molar-refractivity contribution in [2.45, 2.75) is 19.5 Å². The molecule has 0 heterocycles. The monoisotopic (exact) mass is 374 g/mol. The Morgan fingerprint density at radius 2 is 2.09 bits per heavy atom. The number of nitrogens with zero attached hydrogens (tertiary/aromatic N) is 2. The molecule has 0 radical (unpaired) electrons. The molecule has 4 nitrogen and oxygen atoms in total. The minimum atomic E-state index is -4.40. The average Bonchev–Trinajstić information content (AvgIpc) is 2.43. The second kappa shape index (κ2) is 7.88. The van der Waals surface area contributed by atoms with E-state index >= 15 is 0 Å². The van der Waals surface area contributed by atoms with E-state index in [2.05, 4.69) is 25.9 Å². The van der Waals surface area contributed by atoms with E-state index in [4.69, 9.17) is 11.1 Å². The quantitative estimate of drug-likeness (QED) is 0.594. The molecule has 22 heavy (non-hydrogen) atoms. The van der Waals surface area contributed by atoms with Crippen LogP contribution in [0.2, 0.25) is 0 Å². The second-order valence-electron chi connectivity index (χ2n) is 4.29. The number of nitrogens with two attached hydrogens (primary N) is 1. The zero-order chi connectivity index (χ0) is 16.8. The van der Waals surface area contributed by atoms with Crippen LogP contribution in [-0.2, 0) is 12.6 Å². The fourth-order valence-corrected chi connectivity index (χ4v) is 2.31. The number of benzene rings is 1. The fraction of sp³-hybridized carbons (Fsp3) is 0.214. The van der Waals surface area contributed by atoms with E-state index in [1.54, 1.807) is 6.92 Å². The summed E-state index contributed by atoms with van der Waals surface area (Å²) in [6, 6.07) is 3.83. The van der Waals surface area contributed by atoms with Gasteiger partial charge >= 0.3 is 6.18 Å². The Kier molecular flexibility index (Phi) is 6.48. The first-order valence-electron chi connectivity index (χ1n) is 6.11. The first kappa shape index (κ1) is 18.1. The van der Waals surface area contributed by atoms with E-state index in [1.165, 1.54) is 24.7 Å². The van der Waals surface area contributed by atoms with Crippen molar-refractivity contribution in [3.05, 3.63) is 45.6 Å². The highest BCUT2D eigenvalue weighted by atomic mass is 79.9. The summed E-state index contributed by atoms with van der Waals surface area (Å²) in [6.45, 7) is 1.70. The van der Waals surface area contributed by atoms with Crippen molar-refractivity contribution in [1.82, 2.24) is 0 Å². The molecule has 0 amide bonds. The van der Waals surface area contributed by atoms with E-state index in [1.807, 2.05) is 0 Å². The smallest absolute Gasteiger partial charge is 0.404 e. The zero-order valence-electron chi connectivity index (χ0n) is 11.7. The molecule has 0 fully saturated rings. The number of alkyl halides is 3. The predicted octanol–water partition coefficient (Wildman–Crippen LogP) is 3.95. The van der Waals surface area contributed by atoms with Gasteiger partial charge in [0.2, 0.25) is 0 Å². The number of rotatable bonds is 5. The SMILES string of the molecule is CC(=NC=NC=N)/C(=C/N)Cc1ccc(C(F)(F)F)c(Br)c1. The number of nitrogens with one attached hydrogen (secondary N) is 1. The van der Waals surface area contributed by atoms with Crippen molar-refractivity contribution in [3.8, 4) is 0 Å². The molecule has 118 valence electrons. The van der Waals surface area contributed by atoms with Crippen LogP contribution in [0.1, 0.15) is 18.1 Å². The molecule has 0 spiro atoms. The van der Waals surface area contributed by atoms with Crippen molar-refractivity contribution in [2.24, 2.45) is 15.7 Å². The zero-order valence-corrected chi connectivity index (χ0v) is 13.2. The van der Waals surface area contributed by atoms with Gasteiger partial charge < -0.3 is 5.73 Å². The standard InChI is InChI=1S/C14H14BrF3N4/c1-9(22-8-21-7-20)11(6-19)4-10-2-3-12(13(15)5-10)14(16,17)18/h2-3,5-8,20H,4,19H2,1H3/b11-6+,20-7?,21-8?,22-9?. The van der Waals surface area contributed by atoms with Crippen LogP contribution in [0.25, 0.3) is 0 Å². The molecule has 0 saturated heterocycles. The van der Waals surface area contributed by atoms with Crippen LogP contribution in [0.15, 0.2) is 44.4 Å². The molecular formula is C14H14BrF3N4. The summed E-state index contributed by atoms with van der Waals surface area (Å²) in [7, 11) is 0. The molecule has 1 aromatic rings. The third kappa shape index (κ3) is 5.10. The van der Waals surface area contributed by atoms with Gasteiger partial charge in [0.05, 0.1) is 5.56 Å². The summed E-state index contributed by atoms with van der Waals surface area (Å²) in [5.41, 5.74) is 6.71. The van der Waals surface area contributed by atoms with Gasteiger partial charge in [-0.25, -0.2) is 9.98 Å². The summed E-state index contributed by atoms with van der Waals surface area (Å²) < 4.78 is 38.1. The van der Waals surface area contributed by atoms with Gasteiger partial charge in [-0.1, -0.05) is 22.0 Å². The Morgan fingerprint density at radius 1 is 1.41 bits per heavy atom. The highest BCUT2D eigenvalue weighted by molar-refractivity contribution is 9.10. The number of aliphatic imine (C=N–C) groups is 2. The normalized spacial score (nSPS) is 13.7. The Labute approximate surface area is 134 Å². The number of hydrogen-bond acceptors (Lipinski definition) is 2. The number of allylic oxidation sites excluding steroid dienone is 1. The highest BCUT2D eigenvalue weighted by Gasteiger charge is 2.32. The van der Waals surface area contributed by atoms with E-state index in [0.29, 0.717) is 23.3 Å². The fourth-order valence-electron chi connectivity index (χ4n) is 1.66. The summed E-state index contributed by atoms with van der Waals surface area (Å²) in [5, 5.41) is 6.74. The molecular weight excluding hydrogens is 361 g/mol. The number of halogens is 4. The number of hydrogen-bond donors (Lipinski definition) is 2. The van der Waals surface area contributed by atoms with Gasteiger partial charge in [0.1, 0.15) is 12.7 Å². The predicted molar refractivity (Wildman–Crippen MR) is 85.5 cm³/mol. The molecule has 0 saturated carbocycles. The first-order chi connectivity index (χ1) is 10.3. The lowest BCUT2D eigenvalue weighted by Crippen LogP contribution is -2.08. The van der Waals surface area contributed by atoms with E-state index in [0.717, 1.165) is 12.4 Å². The van der Waals surface area contributed by atoms with Crippen molar-refractivity contribution in [2.75, 3.05) is 0 Å². The minimum absolute atomic E-state index is 0.0196. The molecule has 0 unspecified atom stereocenters. The molecule has 0 aliphatic heterocycles. The molecule has 3 N–H and O–H groups in total. The van der Waals surface area contributed by atoms with Crippen molar-refractivity contribution < 1.29 is 13.2 Å². The van der Waals surface area contributed by atoms with Crippen LogP contribution in [0, 0.1) is 5.41 Å². The van der Waals surface area contributed by atoms with Crippen LogP contribution in [0.4, 0.5) is 13.2 Å². The summed E-state index contributed by atoms with van der Waals surface area (Å²) >= 11 is 2.94. The van der Waals surface area contributed by atoms with Gasteiger partial charge in [-0.15, -0.1) is 0 Å². The van der Waals surface area contributed by atoms with Crippen molar-refractivity contribution in [3.63, 3.8) is 0 Å². The van der Waals surface area contributed by atoms with Gasteiger partial charge in [0.15, 0.2) is 0 Å². The molecule has 1 rings (SSSR count). The Morgan fingerprint density at radius 3 is 2.59 bits per heavy atom. The van der Waals surface area contributed by atoms with Crippen LogP contribution >= 0.6 is 15.9 Å². The van der Waals surface area contributed by atoms with Gasteiger partial charge in [-0.3, -0.25) is 5.41 Å². The summed E-state index contributed by atoms with van der Waals surface area (Å²) in [5.74, 6) is 0. The highest BCUT2D eigenvalue weighted by Crippen LogP contribution is 2.35. The molecule has 0 aliphatic rings. The van der Waals surface area contributed by atoms with Gasteiger partial charge in [-0.2, -0.15) is 13.2 Å². The third-order valence-electron chi connectivity index (χ3n) is 2.79. The third-order valence-corrected chi connectivity index (χ3v) is 3.45. The molecule has 8 heteroatoms. The van der Waals surface area contributed by atoms with E-state index in [9.17, 15) is 13.2 Å². The second-order valence-corrected chi connectivity index (χ2v) is 5.14. The largest absolute Gasteiger partial charge is 0.417 e. The molecule has 0 bridgehead atoms. The summed E-state index contributed by atoms with van der Waals surface area (Å²) in [4.78, 5) is 7.51. The van der Waals surface area contributed by atoms with Crippen molar-refractivity contribution >= 4 is 34.3 Å². The van der Waals surface area contributed by atoms with E-state index in [-0.39, 0.29) is 4.47 Å². The molecule has 1 aromatic carbocycles. The molecule has 0 aliphatic carbocycles. The van der Waals surface area contributed by atoms with Crippen LogP contribution < -0.4 is 5.73 Å². The lowest BCUT2D eigenvalue weighted by atomic mass is 10.0. The topological polar surface area (TPSA) is 74.6 Å². The van der Waals surface area contributed by atoms with E-state index < -0.39 is 11.7 Å². The Bertz CT molecular complexity index is 633. The van der Waals surface area contributed by atoms with Crippen LogP contribution in [0.3, 0.4) is 0 Å².